The molecule has 0 bridgehead atoms. The monoisotopic (exact) mass is 321 g/mol. The lowest BCUT2D eigenvalue weighted by molar-refractivity contribution is -0.305. The molecular formula is C16H21N2O5-. The zero-order valence-corrected chi connectivity index (χ0v) is 13.5. The Morgan fingerprint density at radius 2 is 1.78 bits per heavy atom. The van der Waals surface area contributed by atoms with Gasteiger partial charge in [0, 0.05) is 12.4 Å². The molecule has 0 saturated heterocycles. The third-order valence-corrected chi connectivity index (χ3v) is 3.05. The molecule has 1 rings (SSSR count). The summed E-state index contributed by atoms with van der Waals surface area (Å²) < 4.78 is 5.50. The number of rotatable bonds is 7. The molecule has 0 saturated carbocycles. The smallest absolute Gasteiger partial charge is 0.276 e. The van der Waals surface area contributed by atoms with Crippen molar-refractivity contribution in [3.8, 4) is 5.75 Å². The molecule has 0 spiro atoms. The molecule has 0 fully saturated rings. The van der Waals surface area contributed by atoms with Crippen molar-refractivity contribution in [2.75, 3.05) is 6.61 Å². The summed E-state index contributed by atoms with van der Waals surface area (Å²) in [6.45, 7) is 5.71. The zero-order valence-electron chi connectivity index (χ0n) is 13.5. The van der Waals surface area contributed by atoms with Gasteiger partial charge in [-0.3, -0.25) is 20.4 Å². The summed E-state index contributed by atoms with van der Waals surface area (Å²) in [7, 11) is 0. The van der Waals surface area contributed by atoms with E-state index in [1.807, 2.05) is 39.0 Å². The maximum atomic E-state index is 11.6. The maximum Gasteiger partial charge on any atom is 0.276 e. The Bertz CT molecular complexity index is 584. The van der Waals surface area contributed by atoms with E-state index >= 15 is 0 Å². The first kappa shape index (κ1) is 18.5. The van der Waals surface area contributed by atoms with E-state index < -0.39 is 24.2 Å². The first-order chi connectivity index (χ1) is 10.8. The Morgan fingerprint density at radius 1 is 1.13 bits per heavy atom. The second-order valence-corrected chi connectivity index (χ2v) is 5.45. The molecule has 0 aliphatic carbocycles. The van der Waals surface area contributed by atoms with E-state index in [1.165, 1.54) is 0 Å². The Balaban J connectivity index is 2.46. The second kappa shape index (κ2) is 8.77. The number of benzene rings is 1. The summed E-state index contributed by atoms with van der Waals surface area (Å²) in [6.07, 6.45) is -0.669. The van der Waals surface area contributed by atoms with Gasteiger partial charge in [-0.15, -0.1) is 0 Å². The van der Waals surface area contributed by atoms with Crippen LogP contribution in [0.3, 0.4) is 0 Å². The topological polar surface area (TPSA) is 108 Å². The van der Waals surface area contributed by atoms with E-state index in [-0.39, 0.29) is 18.9 Å². The van der Waals surface area contributed by atoms with E-state index in [1.54, 1.807) is 0 Å². The van der Waals surface area contributed by atoms with E-state index in [4.69, 9.17) is 4.74 Å². The van der Waals surface area contributed by atoms with Crippen LogP contribution in [0.25, 0.3) is 0 Å². The molecule has 2 N–H and O–H groups in total. The first-order valence-corrected chi connectivity index (χ1v) is 7.30. The molecule has 7 nitrogen and oxygen atoms in total. The number of carboxylic acid groups (broad SMARTS) is 1. The summed E-state index contributed by atoms with van der Waals surface area (Å²) in [5, 5.41) is 10.2. The lowest BCUT2D eigenvalue weighted by atomic mass is 10.0. The van der Waals surface area contributed by atoms with Crippen molar-refractivity contribution in [1.82, 2.24) is 10.9 Å². The molecule has 23 heavy (non-hydrogen) atoms. The van der Waals surface area contributed by atoms with Crippen LogP contribution in [0.1, 0.15) is 43.7 Å². The van der Waals surface area contributed by atoms with Crippen molar-refractivity contribution in [2.24, 2.45) is 0 Å². The van der Waals surface area contributed by atoms with Crippen molar-refractivity contribution in [3.63, 3.8) is 0 Å². The third kappa shape index (κ3) is 6.82. The first-order valence-electron chi connectivity index (χ1n) is 7.30. The van der Waals surface area contributed by atoms with Gasteiger partial charge in [0.2, 0.25) is 5.91 Å². The van der Waals surface area contributed by atoms with Crippen LogP contribution in [-0.2, 0) is 14.4 Å². The van der Waals surface area contributed by atoms with Gasteiger partial charge in [-0.1, -0.05) is 26.0 Å². The number of hydrogen-bond donors (Lipinski definition) is 2. The van der Waals surface area contributed by atoms with Crippen LogP contribution >= 0.6 is 0 Å². The predicted octanol–water partition coefficient (Wildman–Crippen LogP) is 0.175. The number of hydrogen-bond acceptors (Lipinski definition) is 5. The van der Waals surface area contributed by atoms with Crippen LogP contribution in [0.15, 0.2) is 18.2 Å². The van der Waals surface area contributed by atoms with Gasteiger partial charge in [0.25, 0.3) is 5.91 Å². The average molecular weight is 321 g/mol. The number of ether oxygens (including phenoxy) is 1. The number of carbonyl (C=O) groups excluding carboxylic acids is 3. The maximum absolute atomic E-state index is 11.6. The fourth-order valence-electron chi connectivity index (χ4n) is 1.84. The zero-order chi connectivity index (χ0) is 17.4. The van der Waals surface area contributed by atoms with Gasteiger partial charge in [0.1, 0.15) is 5.75 Å². The van der Waals surface area contributed by atoms with Gasteiger partial charge in [-0.2, -0.15) is 0 Å². The summed E-state index contributed by atoms with van der Waals surface area (Å²) in [5.41, 5.74) is 6.28. The number of amides is 2. The van der Waals surface area contributed by atoms with Gasteiger partial charge in [-0.05, 0) is 36.5 Å². The number of aliphatic carboxylic acids is 1. The molecule has 126 valence electrons. The molecule has 0 radical (unpaired) electrons. The summed E-state index contributed by atoms with van der Waals surface area (Å²) in [5.74, 6) is -1.60. The minimum absolute atomic E-state index is 0.248. The van der Waals surface area contributed by atoms with E-state index in [2.05, 4.69) is 10.9 Å². The number of carbonyl (C=O) groups is 3. The van der Waals surface area contributed by atoms with Crippen molar-refractivity contribution in [2.45, 2.75) is 39.5 Å². The average Bonchev–Trinajstić information content (AvgIpc) is 2.48. The van der Waals surface area contributed by atoms with Crippen LogP contribution < -0.4 is 20.7 Å². The van der Waals surface area contributed by atoms with E-state index in [0.717, 1.165) is 11.1 Å². The second-order valence-electron chi connectivity index (χ2n) is 5.45. The number of nitrogens with one attached hydrogen (secondary N) is 2. The Hall–Kier alpha value is -2.57. The highest BCUT2D eigenvalue weighted by molar-refractivity contribution is 5.84. The van der Waals surface area contributed by atoms with Gasteiger partial charge >= 0.3 is 0 Å². The van der Waals surface area contributed by atoms with Crippen molar-refractivity contribution in [3.05, 3.63) is 29.3 Å². The fourth-order valence-corrected chi connectivity index (χ4v) is 1.84. The van der Waals surface area contributed by atoms with E-state index in [0.29, 0.717) is 5.75 Å². The van der Waals surface area contributed by atoms with Crippen LogP contribution in [0.5, 0.6) is 5.75 Å². The van der Waals surface area contributed by atoms with Crippen LogP contribution in [0.2, 0.25) is 0 Å². The standard InChI is InChI=1S/C16H22N2O5/c1-10(2)12-5-4-11(3)8-13(12)23-9-15(20)18-17-14(19)6-7-16(21)22/h4-5,8,10H,6-7,9H2,1-3H3,(H,17,19)(H,18,20)(H,21,22)/p-1. The lowest BCUT2D eigenvalue weighted by Gasteiger charge is -2.15. The molecule has 1 aromatic rings. The van der Waals surface area contributed by atoms with Crippen molar-refractivity contribution in [1.29, 1.82) is 0 Å². The summed E-state index contributed by atoms with van der Waals surface area (Å²) >= 11 is 0. The molecular weight excluding hydrogens is 300 g/mol. The number of hydrazine groups is 1. The molecule has 0 unspecified atom stereocenters. The Morgan fingerprint density at radius 3 is 2.39 bits per heavy atom. The highest BCUT2D eigenvalue weighted by Crippen LogP contribution is 2.27. The number of carboxylic acids is 1. The van der Waals surface area contributed by atoms with Gasteiger partial charge in [-0.25, -0.2) is 0 Å². The molecule has 0 heterocycles. The van der Waals surface area contributed by atoms with E-state index in [9.17, 15) is 19.5 Å². The Kier molecular flexibility index (Phi) is 7.05. The van der Waals surface area contributed by atoms with Crippen LogP contribution in [-0.4, -0.2) is 24.4 Å². The molecule has 7 heteroatoms. The summed E-state index contributed by atoms with van der Waals surface area (Å²) in [4.78, 5) is 33.1. The quantitative estimate of drug-likeness (QED) is 0.696. The molecule has 0 aliphatic heterocycles. The van der Waals surface area contributed by atoms with Crippen LogP contribution in [0, 0.1) is 6.92 Å². The molecule has 2 amide bonds. The van der Waals surface area contributed by atoms with Crippen LogP contribution in [0.4, 0.5) is 0 Å². The summed E-state index contributed by atoms with van der Waals surface area (Å²) in [6, 6.07) is 5.77. The highest BCUT2D eigenvalue weighted by atomic mass is 16.5. The largest absolute Gasteiger partial charge is 0.550 e. The minimum Gasteiger partial charge on any atom is -0.550 e. The lowest BCUT2D eigenvalue weighted by Crippen LogP contribution is -2.44. The van der Waals surface area contributed by atoms with Crippen molar-refractivity contribution >= 4 is 17.8 Å². The van der Waals surface area contributed by atoms with Gasteiger partial charge in [0.05, 0.1) is 0 Å². The van der Waals surface area contributed by atoms with Crippen molar-refractivity contribution < 1.29 is 24.2 Å². The fraction of sp³-hybridized carbons (Fsp3) is 0.438. The highest BCUT2D eigenvalue weighted by Gasteiger charge is 2.11. The SMILES string of the molecule is Cc1ccc(C(C)C)c(OCC(=O)NNC(=O)CCC(=O)[O-])c1. The minimum atomic E-state index is -1.32. The number of aryl methyl sites for hydroxylation is 1. The molecule has 0 aromatic heterocycles. The van der Waals surface area contributed by atoms with Gasteiger partial charge < -0.3 is 14.6 Å². The normalized spacial score (nSPS) is 10.3. The Labute approximate surface area is 135 Å². The molecule has 0 atom stereocenters. The molecule has 0 aliphatic rings. The van der Waals surface area contributed by atoms with Gasteiger partial charge in [0.15, 0.2) is 6.61 Å². The predicted molar refractivity (Wildman–Crippen MR) is 81.3 cm³/mol. The molecule has 1 aromatic carbocycles. The third-order valence-electron chi connectivity index (χ3n) is 3.05.